The number of methoxy groups -OCH3 is 2. The fourth-order valence-corrected chi connectivity index (χ4v) is 2.22. The minimum Gasteiger partial charge on any atom is -0.481 e. The molecule has 1 aliphatic rings. The average molecular weight is 268 g/mol. The third-order valence-corrected chi connectivity index (χ3v) is 3.11. The van der Waals surface area contributed by atoms with Gasteiger partial charge in [-0.15, -0.1) is 11.3 Å². The number of thiazole rings is 1. The van der Waals surface area contributed by atoms with Crippen molar-refractivity contribution in [1.82, 2.24) is 4.98 Å². The molecule has 1 aromatic rings. The lowest BCUT2D eigenvalue weighted by atomic mass is 10.2. The molecule has 2 N–H and O–H groups in total. The normalized spacial score (nSPS) is 15.4. The molecule has 0 saturated carbocycles. The van der Waals surface area contributed by atoms with Crippen LogP contribution in [0.1, 0.15) is 0 Å². The third kappa shape index (κ3) is 2.02. The molecule has 0 aliphatic carbocycles. The van der Waals surface area contributed by atoms with Gasteiger partial charge in [0, 0.05) is 11.6 Å². The molecule has 0 aromatic carbocycles. The van der Waals surface area contributed by atoms with Gasteiger partial charge in [0.15, 0.2) is 10.7 Å². The Balaban J connectivity index is 2.49. The Labute approximate surface area is 108 Å². The Morgan fingerprint density at radius 3 is 2.78 bits per heavy atom. The smallest absolute Gasteiger partial charge is 0.259 e. The molecule has 0 spiro atoms. The van der Waals surface area contributed by atoms with Gasteiger partial charge < -0.3 is 15.2 Å². The van der Waals surface area contributed by atoms with Crippen molar-refractivity contribution in [3.63, 3.8) is 0 Å². The first-order chi connectivity index (χ1) is 8.69. The number of rotatable bonds is 3. The SMILES string of the molecule is COC1=NCN(c2nccs2)C(OC)=C1C(N)=O. The van der Waals surface area contributed by atoms with Gasteiger partial charge in [-0.25, -0.2) is 9.98 Å². The van der Waals surface area contributed by atoms with Crippen LogP contribution in [0.5, 0.6) is 0 Å². The first kappa shape index (κ1) is 12.4. The second-order valence-electron chi connectivity index (χ2n) is 3.30. The number of aliphatic imine (C=N–C) groups is 1. The molecule has 0 fully saturated rings. The van der Waals surface area contributed by atoms with E-state index in [2.05, 4.69) is 9.98 Å². The van der Waals surface area contributed by atoms with Gasteiger partial charge in [0.05, 0.1) is 14.2 Å². The summed E-state index contributed by atoms with van der Waals surface area (Å²) in [7, 11) is 2.88. The predicted molar refractivity (Wildman–Crippen MR) is 67.1 cm³/mol. The van der Waals surface area contributed by atoms with Crippen LogP contribution in [0.3, 0.4) is 0 Å². The standard InChI is InChI=1S/C10H12N4O3S/c1-16-8-6(7(11)15)9(17-2)14(5-13-8)10-12-3-4-18-10/h3-4H,5H2,1-2H3,(H2,11,15). The number of hydrogen-bond donors (Lipinski definition) is 1. The Kier molecular flexibility index (Phi) is 3.47. The van der Waals surface area contributed by atoms with E-state index in [0.717, 1.165) is 0 Å². The summed E-state index contributed by atoms with van der Waals surface area (Å²) in [4.78, 5) is 21.4. The van der Waals surface area contributed by atoms with Crippen molar-refractivity contribution >= 4 is 28.3 Å². The van der Waals surface area contributed by atoms with E-state index >= 15 is 0 Å². The van der Waals surface area contributed by atoms with Gasteiger partial charge in [-0.1, -0.05) is 0 Å². The van der Waals surface area contributed by atoms with Gasteiger partial charge in [-0.3, -0.25) is 9.69 Å². The predicted octanol–water partition coefficient (Wildman–Crippen LogP) is 0.309. The lowest BCUT2D eigenvalue weighted by Gasteiger charge is -2.27. The van der Waals surface area contributed by atoms with Crippen LogP contribution in [-0.2, 0) is 14.3 Å². The van der Waals surface area contributed by atoms with Gasteiger partial charge in [0.2, 0.25) is 11.8 Å². The quantitative estimate of drug-likeness (QED) is 0.852. The fraction of sp³-hybridized carbons (Fsp3) is 0.300. The first-order valence-corrected chi connectivity index (χ1v) is 5.91. The van der Waals surface area contributed by atoms with Crippen LogP contribution >= 0.6 is 11.3 Å². The summed E-state index contributed by atoms with van der Waals surface area (Å²) in [5.41, 5.74) is 5.45. The Morgan fingerprint density at radius 2 is 2.28 bits per heavy atom. The van der Waals surface area contributed by atoms with Crippen LogP contribution in [0, 0.1) is 0 Å². The number of nitrogens with zero attached hydrogens (tertiary/aromatic N) is 3. The van der Waals surface area contributed by atoms with Gasteiger partial charge in [0.25, 0.3) is 5.91 Å². The van der Waals surface area contributed by atoms with Crippen LogP contribution < -0.4 is 10.6 Å². The molecular formula is C10H12N4O3S. The maximum atomic E-state index is 11.5. The molecule has 1 aromatic heterocycles. The zero-order valence-corrected chi connectivity index (χ0v) is 10.7. The molecule has 7 nitrogen and oxygen atoms in total. The number of nitrogens with two attached hydrogens (primary N) is 1. The van der Waals surface area contributed by atoms with Crippen LogP contribution in [0.4, 0.5) is 5.13 Å². The molecular weight excluding hydrogens is 256 g/mol. The van der Waals surface area contributed by atoms with Crippen molar-refractivity contribution in [3.8, 4) is 0 Å². The highest BCUT2D eigenvalue weighted by molar-refractivity contribution is 7.13. The average Bonchev–Trinajstić information content (AvgIpc) is 2.90. The number of primary amides is 1. The molecule has 2 heterocycles. The molecule has 8 heteroatoms. The highest BCUT2D eigenvalue weighted by Gasteiger charge is 2.30. The summed E-state index contributed by atoms with van der Waals surface area (Å²) in [5, 5.41) is 2.49. The molecule has 0 radical (unpaired) electrons. The largest absolute Gasteiger partial charge is 0.481 e. The minimum absolute atomic E-state index is 0.112. The molecule has 0 saturated heterocycles. The van der Waals surface area contributed by atoms with Gasteiger partial charge >= 0.3 is 0 Å². The first-order valence-electron chi connectivity index (χ1n) is 5.03. The Hall–Kier alpha value is -2.09. The number of ether oxygens (including phenoxy) is 2. The lowest BCUT2D eigenvalue weighted by molar-refractivity contribution is -0.114. The van der Waals surface area contributed by atoms with Gasteiger partial charge in [-0.2, -0.15) is 0 Å². The maximum absolute atomic E-state index is 11.5. The summed E-state index contributed by atoms with van der Waals surface area (Å²) in [6.07, 6.45) is 1.66. The number of hydrogen-bond acceptors (Lipinski definition) is 7. The topological polar surface area (TPSA) is 90.0 Å². The van der Waals surface area contributed by atoms with Gasteiger partial charge in [0.1, 0.15) is 6.67 Å². The van der Waals surface area contributed by atoms with E-state index in [1.807, 2.05) is 5.38 Å². The minimum atomic E-state index is -0.659. The van der Waals surface area contributed by atoms with E-state index in [9.17, 15) is 4.79 Å². The summed E-state index contributed by atoms with van der Waals surface area (Å²) < 4.78 is 10.3. The van der Waals surface area contributed by atoms with Crippen molar-refractivity contribution in [2.24, 2.45) is 10.7 Å². The molecule has 0 unspecified atom stereocenters. The van der Waals surface area contributed by atoms with E-state index in [1.165, 1.54) is 25.6 Å². The van der Waals surface area contributed by atoms with Crippen molar-refractivity contribution in [3.05, 3.63) is 23.0 Å². The molecule has 96 valence electrons. The highest BCUT2D eigenvalue weighted by Crippen LogP contribution is 2.27. The van der Waals surface area contributed by atoms with Crippen molar-refractivity contribution in [2.75, 3.05) is 25.8 Å². The van der Waals surface area contributed by atoms with Gasteiger partial charge in [-0.05, 0) is 0 Å². The van der Waals surface area contributed by atoms with Crippen LogP contribution in [0.25, 0.3) is 0 Å². The Bertz CT molecular complexity index is 509. The summed E-state index contributed by atoms with van der Waals surface area (Å²) in [5.74, 6) is -0.190. The van der Waals surface area contributed by atoms with Crippen molar-refractivity contribution in [2.45, 2.75) is 0 Å². The Morgan fingerprint density at radius 1 is 1.50 bits per heavy atom. The van der Waals surface area contributed by atoms with Crippen LogP contribution in [0.15, 0.2) is 28.0 Å². The number of carbonyl (C=O) groups is 1. The summed E-state index contributed by atoms with van der Waals surface area (Å²) in [6, 6.07) is 0. The van der Waals surface area contributed by atoms with E-state index in [1.54, 1.807) is 11.1 Å². The number of aromatic nitrogens is 1. The lowest BCUT2D eigenvalue weighted by Crippen LogP contribution is -2.36. The molecule has 1 aliphatic heterocycles. The summed E-state index contributed by atoms with van der Waals surface area (Å²) >= 11 is 1.41. The zero-order chi connectivity index (χ0) is 13.1. The van der Waals surface area contributed by atoms with Crippen molar-refractivity contribution in [1.29, 1.82) is 0 Å². The van der Waals surface area contributed by atoms with Crippen LogP contribution in [0.2, 0.25) is 0 Å². The monoisotopic (exact) mass is 268 g/mol. The number of amides is 1. The zero-order valence-electron chi connectivity index (χ0n) is 9.91. The molecule has 0 bridgehead atoms. The maximum Gasteiger partial charge on any atom is 0.259 e. The second kappa shape index (κ2) is 5.05. The number of anilines is 1. The van der Waals surface area contributed by atoms with Crippen molar-refractivity contribution < 1.29 is 14.3 Å². The van der Waals surface area contributed by atoms with E-state index in [-0.39, 0.29) is 18.1 Å². The van der Waals surface area contributed by atoms with Crippen LogP contribution in [-0.4, -0.2) is 37.7 Å². The van der Waals surface area contributed by atoms with E-state index in [0.29, 0.717) is 11.0 Å². The van der Waals surface area contributed by atoms with E-state index in [4.69, 9.17) is 15.2 Å². The molecule has 2 rings (SSSR count). The summed E-state index contributed by atoms with van der Waals surface area (Å²) in [6.45, 7) is 0.261. The fourth-order valence-electron chi connectivity index (χ4n) is 1.59. The molecule has 0 atom stereocenters. The molecule has 18 heavy (non-hydrogen) atoms. The second-order valence-corrected chi connectivity index (χ2v) is 4.17. The highest BCUT2D eigenvalue weighted by atomic mass is 32.1. The number of carbonyl (C=O) groups excluding carboxylic acids is 1. The molecule has 1 amide bonds. The van der Waals surface area contributed by atoms with E-state index < -0.39 is 5.91 Å². The third-order valence-electron chi connectivity index (χ3n) is 2.31.